The second-order valence-electron chi connectivity index (χ2n) is 11.2. The molecule has 0 radical (unpaired) electrons. The molecule has 45 heavy (non-hydrogen) atoms. The molecule has 3 aromatic rings. The first-order valence-electron chi connectivity index (χ1n) is 15.3. The molecule has 10 heteroatoms. The van der Waals surface area contributed by atoms with E-state index in [0.717, 1.165) is 24.0 Å². The van der Waals surface area contributed by atoms with Crippen molar-refractivity contribution in [1.29, 1.82) is 0 Å². The number of hydrogen-bond acceptors (Lipinski definition) is 6. The van der Waals surface area contributed by atoms with Crippen molar-refractivity contribution in [3.05, 3.63) is 107 Å². The van der Waals surface area contributed by atoms with Gasteiger partial charge in [0.25, 0.3) is 11.8 Å². The molecule has 0 aliphatic carbocycles. The third-order valence-electron chi connectivity index (χ3n) is 7.61. The molecule has 4 atom stereocenters. The fraction of sp³-hybridized carbons (Fsp3) is 0.371. The molecule has 0 saturated heterocycles. The van der Waals surface area contributed by atoms with Gasteiger partial charge in [-0.25, -0.2) is 0 Å². The van der Waals surface area contributed by atoms with E-state index in [2.05, 4.69) is 10.6 Å². The zero-order valence-electron chi connectivity index (χ0n) is 26.1. The maximum absolute atomic E-state index is 13.6. The number of hydrogen-bond donors (Lipinski definition) is 5. The maximum Gasteiger partial charge on any atom is 0.253 e. The van der Waals surface area contributed by atoms with Gasteiger partial charge >= 0.3 is 0 Å². The van der Waals surface area contributed by atoms with Gasteiger partial charge in [-0.05, 0) is 48.6 Å². The molecule has 3 aromatic carbocycles. The Labute approximate surface area is 264 Å². The Kier molecular flexibility index (Phi) is 13.3. The number of nitrogens with zero attached hydrogens (tertiary/aromatic N) is 1. The van der Waals surface area contributed by atoms with Crippen molar-refractivity contribution in [1.82, 2.24) is 15.5 Å². The van der Waals surface area contributed by atoms with Crippen LogP contribution in [0.15, 0.2) is 78.9 Å². The van der Waals surface area contributed by atoms with Gasteiger partial charge in [-0.1, -0.05) is 81.4 Å². The smallest absolute Gasteiger partial charge is 0.253 e. The minimum absolute atomic E-state index is 0.00370. The van der Waals surface area contributed by atoms with E-state index in [-0.39, 0.29) is 35.6 Å². The molecule has 10 nitrogen and oxygen atoms in total. The van der Waals surface area contributed by atoms with E-state index in [4.69, 9.17) is 5.73 Å². The van der Waals surface area contributed by atoms with Gasteiger partial charge in [0, 0.05) is 36.3 Å². The lowest BCUT2D eigenvalue weighted by atomic mass is 9.90. The molecule has 4 amide bonds. The first-order chi connectivity index (χ1) is 21.5. The largest absolute Gasteiger partial charge is 0.390 e. The maximum atomic E-state index is 13.6. The zero-order valence-corrected chi connectivity index (χ0v) is 26.1. The number of nitrogens with two attached hydrogens (primary N) is 1. The first-order valence-corrected chi connectivity index (χ1v) is 15.3. The Morgan fingerprint density at radius 1 is 0.778 bits per heavy atom. The highest BCUT2D eigenvalue weighted by molar-refractivity contribution is 6.04. The lowest BCUT2D eigenvalue weighted by molar-refractivity contribution is -0.131. The fourth-order valence-electron chi connectivity index (χ4n) is 5.07. The lowest BCUT2D eigenvalue weighted by Crippen LogP contribution is -2.53. The van der Waals surface area contributed by atoms with E-state index < -0.39 is 41.9 Å². The molecule has 0 bridgehead atoms. The van der Waals surface area contributed by atoms with Crippen LogP contribution in [-0.4, -0.2) is 70.1 Å². The third-order valence-corrected chi connectivity index (χ3v) is 7.61. The predicted octanol–water partition coefficient (Wildman–Crippen LogP) is 3.06. The quantitative estimate of drug-likeness (QED) is 0.166. The minimum Gasteiger partial charge on any atom is -0.390 e. The van der Waals surface area contributed by atoms with E-state index in [9.17, 15) is 29.4 Å². The number of aliphatic hydroxyl groups excluding tert-OH is 2. The molecule has 0 spiro atoms. The number of amides is 4. The van der Waals surface area contributed by atoms with Crippen molar-refractivity contribution in [2.75, 3.05) is 13.1 Å². The second kappa shape index (κ2) is 17.1. The summed E-state index contributed by atoms with van der Waals surface area (Å²) in [7, 11) is 0. The number of carbonyl (C=O) groups is 4. The van der Waals surface area contributed by atoms with Gasteiger partial charge in [-0.2, -0.15) is 0 Å². The van der Waals surface area contributed by atoms with Gasteiger partial charge in [0.2, 0.25) is 11.8 Å². The molecule has 6 N–H and O–H groups in total. The molecular weight excluding hydrogens is 572 g/mol. The minimum atomic E-state index is -1.54. The van der Waals surface area contributed by atoms with Crippen LogP contribution in [0.2, 0.25) is 0 Å². The predicted molar refractivity (Wildman–Crippen MR) is 172 cm³/mol. The zero-order chi connectivity index (χ0) is 32.9. The first kappa shape index (κ1) is 34.9. The summed E-state index contributed by atoms with van der Waals surface area (Å²) in [6.45, 7) is 6.68. The highest BCUT2D eigenvalue weighted by Gasteiger charge is 2.35. The standard InChI is InChI=1S/C35H44N4O6/c1-4-16-39(17-5-2)35(45)28-20-26(32(36)42)19-27(21-28)34(44)38-29(18-24-12-8-6-9-13-24)31(41)30(40)23(3)33(43)37-22-25-14-10-7-11-15-25/h6-15,19-21,23,29-31,40-41H,4-5,16-18,22H2,1-3H3,(H2,36,42)(H,37,43)(H,38,44)/t23-,29+,30-,31-/m1/s1. The van der Waals surface area contributed by atoms with Gasteiger partial charge in [0.1, 0.15) is 6.10 Å². The van der Waals surface area contributed by atoms with Crippen molar-refractivity contribution in [3.8, 4) is 0 Å². The van der Waals surface area contributed by atoms with Gasteiger partial charge in [0.15, 0.2) is 0 Å². The summed E-state index contributed by atoms with van der Waals surface area (Å²) < 4.78 is 0. The van der Waals surface area contributed by atoms with Crippen molar-refractivity contribution < 1.29 is 29.4 Å². The molecule has 0 aliphatic heterocycles. The molecule has 3 rings (SSSR count). The van der Waals surface area contributed by atoms with Crippen LogP contribution in [0.25, 0.3) is 0 Å². The number of nitrogens with one attached hydrogen (secondary N) is 2. The van der Waals surface area contributed by atoms with E-state index in [1.54, 1.807) is 4.90 Å². The van der Waals surface area contributed by atoms with E-state index in [1.165, 1.54) is 25.1 Å². The van der Waals surface area contributed by atoms with Crippen LogP contribution in [0.5, 0.6) is 0 Å². The van der Waals surface area contributed by atoms with Crippen LogP contribution in [-0.2, 0) is 17.8 Å². The summed E-state index contributed by atoms with van der Waals surface area (Å²) in [6.07, 6.45) is -1.47. The number of carbonyl (C=O) groups excluding carboxylic acids is 4. The number of benzene rings is 3. The summed E-state index contributed by atoms with van der Waals surface area (Å²) >= 11 is 0. The number of primary amides is 1. The highest BCUT2D eigenvalue weighted by Crippen LogP contribution is 2.18. The molecule has 0 unspecified atom stereocenters. The fourth-order valence-corrected chi connectivity index (χ4v) is 5.07. The molecule has 0 heterocycles. The second-order valence-corrected chi connectivity index (χ2v) is 11.2. The molecule has 240 valence electrons. The van der Waals surface area contributed by atoms with Crippen molar-refractivity contribution in [2.45, 2.75) is 64.8 Å². The summed E-state index contributed by atoms with van der Waals surface area (Å²) in [5.41, 5.74) is 7.33. The van der Waals surface area contributed by atoms with Crippen molar-refractivity contribution >= 4 is 23.6 Å². The molecule has 0 aliphatic rings. The molecule has 0 fully saturated rings. The topological polar surface area (TPSA) is 162 Å². The summed E-state index contributed by atoms with van der Waals surface area (Å²) in [4.78, 5) is 53.7. The van der Waals surface area contributed by atoms with Crippen molar-refractivity contribution in [2.24, 2.45) is 11.7 Å². The molecule has 0 aromatic heterocycles. The Morgan fingerprint density at radius 2 is 1.31 bits per heavy atom. The average Bonchev–Trinajstić information content (AvgIpc) is 3.06. The summed E-state index contributed by atoms with van der Waals surface area (Å²) in [5, 5.41) is 28.0. The molecular formula is C35H44N4O6. The van der Waals surface area contributed by atoms with Crippen LogP contribution < -0.4 is 16.4 Å². The van der Waals surface area contributed by atoms with Crippen LogP contribution in [0.3, 0.4) is 0 Å². The van der Waals surface area contributed by atoms with Crippen LogP contribution >= 0.6 is 0 Å². The van der Waals surface area contributed by atoms with Gasteiger partial charge in [0.05, 0.1) is 18.1 Å². The summed E-state index contributed by atoms with van der Waals surface area (Å²) in [6, 6.07) is 21.4. The Morgan fingerprint density at radius 3 is 1.87 bits per heavy atom. The van der Waals surface area contributed by atoms with Crippen LogP contribution in [0, 0.1) is 5.92 Å². The Balaban J connectivity index is 1.86. The highest BCUT2D eigenvalue weighted by atomic mass is 16.3. The summed E-state index contributed by atoms with van der Waals surface area (Å²) in [5.74, 6) is -3.29. The van der Waals surface area contributed by atoms with E-state index in [1.807, 2.05) is 74.5 Å². The lowest BCUT2D eigenvalue weighted by Gasteiger charge is -2.30. The normalized spacial score (nSPS) is 13.6. The monoisotopic (exact) mass is 616 g/mol. The van der Waals surface area contributed by atoms with Gasteiger partial charge in [-0.3, -0.25) is 19.2 Å². The van der Waals surface area contributed by atoms with Gasteiger partial charge in [-0.15, -0.1) is 0 Å². The van der Waals surface area contributed by atoms with E-state index in [0.29, 0.717) is 13.1 Å². The Hall–Kier alpha value is -4.54. The molecule has 0 saturated carbocycles. The average molecular weight is 617 g/mol. The van der Waals surface area contributed by atoms with Crippen LogP contribution in [0.4, 0.5) is 0 Å². The van der Waals surface area contributed by atoms with Crippen molar-refractivity contribution in [3.63, 3.8) is 0 Å². The van der Waals surface area contributed by atoms with Crippen LogP contribution in [0.1, 0.15) is 75.8 Å². The number of rotatable bonds is 16. The SMILES string of the molecule is CCCN(CCC)C(=O)c1cc(C(N)=O)cc(C(=O)N[C@@H](Cc2ccccc2)[C@@H](O)[C@H](O)[C@@H](C)C(=O)NCc2ccccc2)c1. The third kappa shape index (κ3) is 9.99. The number of aliphatic hydroxyl groups is 2. The van der Waals surface area contributed by atoms with Gasteiger partial charge < -0.3 is 31.5 Å². The Bertz CT molecular complexity index is 1430. The van der Waals surface area contributed by atoms with E-state index >= 15 is 0 Å².